The topological polar surface area (TPSA) is 12.0 Å². The highest BCUT2D eigenvalue weighted by Gasteiger charge is 2.04. The van der Waals surface area contributed by atoms with Gasteiger partial charge in [-0.05, 0) is 35.9 Å². The lowest BCUT2D eigenvalue weighted by Crippen LogP contribution is -2.11. The van der Waals surface area contributed by atoms with Gasteiger partial charge in [0.05, 0.1) is 0 Å². The third-order valence-electron chi connectivity index (χ3n) is 2.91. The minimum Gasteiger partial charge on any atom is -0.313 e. The molecule has 0 aliphatic rings. The normalized spacial score (nSPS) is 10.8. The fourth-order valence-electron chi connectivity index (χ4n) is 1.77. The summed E-state index contributed by atoms with van der Waals surface area (Å²) in [6, 6.07) is 11.9. The molecule has 0 fully saturated rings. The van der Waals surface area contributed by atoms with Crippen LogP contribution in [0, 0.1) is 11.6 Å². The van der Waals surface area contributed by atoms with Crippen molar-refractivity contribution in [2.75, 3.05) is 6.54 Å². The molecule has 0 amide bonds. The Morgan fingerprint density at radius 1 is 1.05 bits per heavy atom. The van der Waals surface area contributed by atoms with Crippen molar-refractivity contribution in [2.24, 2.45) is 0 Å². The average Bonchev–Trinajstić information content (AvgIpc) is 2.45. The van der Waals surface area contributed by atoms with Crippen LogP contribution < -0.4 is 5.32 Å². The molecule has 0 bridgehead atoms. The molecule has 0 atom stereocenters. The van der Waals surface area contributed by atoms with Crippen LogP contribution in [-0.2, 0) is 12.3 Å². The van der Waals surface area contributed by atoms with Crippen LogP contribution in [0.15, 0.2) is 47.4 Å². The monoisotopic (exact) mass is 293 g/mol. The molecule has 0 radical (unpaired) electrons. The van der Waals surface area contributed by atoms with Crippen molar-refractivity contribution in [1.82, 2.24) is 5.32 Å². The first-order valence-corrected chi connectivity index (χ1v) is 7.54. The van der Waals surface area contributed by atoms with E-state index in [0.717, 1.165) is 24.1 Å². The lowest BCUT2D eigenvalue weighted by atomic mass is 10.2. The average molecular weight is 293 g/mol. The van der Waals surface area contributed by atoms with Gasteiger partial charge in [-0.1, -0.05) is 25.1 Å². The maximum absolute atomic E-state index is 13.5. The van der Waals surface area contributed by atoms with Gasteiger partial charge in [0, 0.05) is 23.3 Å². The summed E-state index contributed by atoms with van der Waals surface area (Å²) in [5.41, 5.74) is 1.75. The smallest absolute Gasteiger partial charge is 0.130 e. The molecule has 20 heavy (non-hydrogen) atoms. The summed E-state index contributed by atoms with van der Waals surface area (Å²) in [5, 5.41) is 3.26. The van der Waals surface area contributed by atoms with E-state index in [4.69, 9.17) is 0 Å². The summed E-state index contributed by atoms with van der Waals surface area (Å²) in [7, 11) is 0. The highest BCUT2D eigenvalue weighted by molar-refractivity contribution is 7.98. The molecule has 106 valence electrons. The van der Waals surface area contributed by atoms with Gasteiger partial charge in [0.15, 0.2) is 0 Å². The second-order valence-electron chi connectivity index (χ2n) is 4.45. The minimum absolute atomic E-state index is 0.485. The molecule has 0 unspecified atom stereocenters. The van der Waals surface area contributed by atoms with Crippen LogP contribution in [0.5, 0.6) is 0 Å². The van der Waals surface area contributed by atoms with Crippen molar-refractivity contribution >= 4 is 11.8 Å². The van der Waals surface area contributed by atoms with Crippen molar-refractivity contribution in [2.45, 2.75) is 24.1 Å². The first-order chi connectivity index (χ1) is 9.69. The van der Waals surface area contributed by atoms with Crippen LogP contribution in [0.25, 0.3) is 0 Å². The fourth-order valence-corrected chi connectivity index (χ4v) is 2.66. The van der Waals surface area contributed by atoms with Crippen molar-refractivity contribution in [3.05, 3.63) is 65.2 Å². The highest BCUT2D eigenvalue weighted by Crippen LogP contribution is 2.24. The molecule has 2 aromatic carbocycles. The van der Waals surface area contributed by atoms with Crippen molar-refractivity contribution < 1.29 is 8.78 Å². The molecule has 0 spiro atoms. The Balaban J connectivity index is 1.93. The highest BCUT2D eigenvalue weighted by atomic mass is 32.2. The van der Waals surface area contributed by atoms with E-state index in [1.807, 2.05) is 12.1 Å². The molecule has 0 aliphatic carbocycles. The molecule has 1 N–H and O–H groups in total. The van der Waals surface area contributed by atoms with Gasteiger partial charge >= 0.3 is 0 Å². The zero-order valence-corrected chi connectivity index (χ0v) is 12.1. The van der Waals surface area contributed by atoms with Crippen LogP contribution in [0.3, 0.4) is 0 Å². The Kier molecular flexibility index (Phi) is 5.56. The van der Waals surface area contributed by atoms with Gasteiger partial charge in [-0.2, -0.15) is 0 Å². The summed E-state index contributed by atoms with van der Waals surface area (Å²) in [4.78, 5) is 1.08. The number of hydrogen-bond acceptors (Lipinski definition) is 2. The lowest BCUT2D eigenvalue weighted by molar-refractivity contribution is 0.576. The summed E-state index contributed by atoms with van der Waals surface area (Å²) in [6.07, 6.45) is 0. The van der Waals surface area contributed by atoms with Crippen LogP contribution >= 0.6 is 11.8 Å². The third-order valence-corrected chi connectivity index (χ3v) is 3.97. The van der Waals surface area contributed by atoms with Crippen LogP contribution in [-0.4, -0.2) is 6.54 Å². The molecule has 2 rings (SSSR count). The third kappa shape index (κ3) is 4.32. The summed E-state index contributed by atoms with van der Waals surface area (Å²) >= 11 is 1.54. The molecular formula is C16H17F2NS. The SMILES string of the molecule is CCNCc1ccc(SCc2ccc(F)cc2F)cc1. The van der Waals surface area contributed by atoms with E-state index in [-0.39, 0.29) is 0 Å². The summed E-state index contributed by atoms with van der Waals surface area (Å²) in [6.45, 7) is 3.87. The molecule has 0 saturated heterocycles. The number of rotatable bonds is 6. The van der Waals surface area contributed by atoms with Gasteiger partial charge < -0.3 is 5.32 Å². The van der Waals surface area contributed by atoms with Crippen LogP contribution in [0.4, 0.5) is 8.78 Å². The van der Waals surface area contributed by atoms with E-state index >= 15 is 0 Å². The van der Waals surface area contributed by atoms with Gasteiger partial charge in [0.2, 0.25) is 0 Å². The van der Waals surface area contributed by atoms with Gasteiger partial charge in [-0.25, -0.2) is 8.78 Å². The van der Waals surface area contributed by atoms with Gasteiger partial charge in [-0.3, -0.25) is 0 Å². The van der Waals surface area contributed by atoms with Gasteiger partial charge in [0.25, 0.3) is 0 Å². The zero-order chi connectivity index (χ0) is 14.4. The van der Waals surface area contributed by atoms with Gasteiger partial charge in [-0.15, -0.1) is 11.8 Å². The quantitative estimate of drug-likeness (QED) is 0.794. The second kappa shape index (κ2) is 7.41. The maximum Gasteiger partial charge on any atom is 0.130 e. The Bertz CT molecular complexity index is 555. The number of thioether (sulfide) groups is 1. The largest absolute Gasteiger partial charge is 0.313 e. The molecule has 0 aliphatic heterocycles. The van der Waals surface area contributed by atoms with E-state index in [0.29, 0.717) is 11.3 Å². The first kappa shape index (κ1) is 15.0. The number of halogens is 2. The fraction of sp³-hybridized carbons (Fsp3) is 0.250. The van der Waals surface area contributed by atoms with Crippen molar-refractivity contribution in [3.8, 4) is 0 Å². The minimum atomic E-state index is -0.538. The summed E-state index contributed by atoms with van der Waals surface area (Å²) in [5.74, 6) is -0.524. The Morgan fingerprint density at radius 2 is 1.80 bits per heavy atom. The van der Waals surface area contributed by atoms with E-state index in [1.54, 1.807) is 11.8 Å². The predicted molar refractivity (Wildman–Crippen MR) is 79.7 cm³/mol. The Labute approximate surface area is 122 Å². The van der Waals surface area contributed by atoms with E-state index in [9.17, 15) is 8.78 Å². The predicted octanol–water partition coefficient (Wildman–Crippen LogP) is 4.37. The standard InChI is InChI=1S/C16H17F2NS/c1-2-19-10-12-3-7-15(8-4-12)20-11-13-5-6-14(17)9-16(13)18/h3-9,19H,2,10-11H2,1H3. The van der Waals surface area contributed by atoms with Crippen molar-refractivity contribution in [3.63, 3.8) is 0 Å². The van der Waals surface area contributed by atoms with E-state index in [1.165, 1.54) is 17.7 Å². The summed E-state index contributed by atoms with van der Waals surface area (Å²) < 4.78 is 26.3. The van der Waals surface area contributed by atoms with E-state index < -0.39 is 11.6 Å². The first-order valence-electron chi connectivity index (χ1n) is 6.55. The Morgan fingerprint density at radius 3 is 2.45 bits per heavy atom. The van der Waals surface area contributed by atoms with Crippen LogP contribution in [0.2, 0.25) is 0 Å². The van der Waals surface area contributed by atoms with E-state index in [2.05, 4.69) is 24.4 Å². The number of nitrogens with one attached hydrogen (secondary N) is 1. The van der Waals surface area contributed by atoms with Crippen LogP contribution in [0.1, 0.15) is 18.1 Å². The number of hydrogen-bond donors (Lipinski definition) is 1. The lowest BCUT2D eigenvalue weighted by Gasteiger charge is -2.06. The molecule has 1 nitrogen and oxygen atoms in total. The van der Waals surface area contributed by atoms with Crippen molar-refractivity contribution in [1.29, 1.82) is 0 Å². The zero-order valence-electron chi connectivity index (χ0n) is 11.3. The molecule has 0 aromatic heterocycles. The second-order valence-corrected chi connectivity index (χ2v) is 5.50. The van der Waals surface area contributed by atoms with Gasteiger partial charge in [0.1, 0.15) is 11.6 Å². The molecule has 0 heterocycles. The number of benzene rings is 2. The molecule has 4 heteroatoms. The molecule has 2 aromatic rings. The molecular weight excluding hydrogens is 276 g/mol. The molecule has 0 saturated carbocycles. The Hall–Kier alpha value is -1.39. The maximum atomic E-state index is 13.5.